The van der Waals surface area contributed by atoms with E-state index < -0.39 is 10.0 Å². The van der Waals surface area contributed by atoms with Crippen molar-refractivity contribution < 1.29 is 8.42 Å². The van der Waals surface area contributed by atoms with Gasteiger partial charge >= 0.3 is 0 Å². The molecule has 0 bridgehead atoms. The summed E-state index contributed by atoms with van der Waals surface area (Å²) in [5, 5.41) is 3.01. The minimum absolute atomic E-state index is 0.0263. The maximum atomic E-state index is 12.7. The molecular formula is C12H19N3O2S2. The van der Waals surface area contributed by atoms with Crippen molar-refractivity contribution in [3.63, 3.8) is 0 Å². The standard InChI is InChI=1S/C12H19N3O2S2/c1-3-13-12-11(5-4-6-14-12)19(16,17)15-7-8-18-9-10(15)2/h4-6,10H,3,7-9H2,1-2H3,(H,13,14). The topological polar surface area (TPSA) is 62.3 Å². The summed E-state index contributed by atoms with van der Waals surface area (Å²) < 4.78 is 27.0. The normalized spacial score (nSPS) is 21.3. The monoisotopic (exact) mass is 301 g/mol. The summed E-state index contributed by atoms with van der Waals surface area (Å²) >= 11 is 1.80. The second-order valence-corrected chi connectivity index (χ2v) is 7.43. The maximum absolute atomic E-state index is 12.7. The molecule has 1 N–H and O–H groups in total. The summed E-state index contributed by atoms with van der Waals surface area (Å²) in [6.07, 6.45) is 1.60. The van der Waals surface area contributed by atoms with Gasteiger partial charge in [-0.3, -0.25) is 0 Å². The Kier molecular flexibility index (Phi) is 4.70. The first kappa shape index (κ1) is 14.6. The van der Waals surface area contributed by atoms with E-state index in [2.05, 4.69) is 10.3 Å². The smallest absolute Gasteiger partial charge is 0.247 e. The molecule has 1 aliphatic heterocycles. The van der Waals surface area contributed by atoms with Crippen LogP contribution in [0.15, 0.2) is 23.2 Å². The quantitative estimate of drug-likeness (QED) is 0.916. The lowest BCUT2D eigenvalue weighted by molar-refractivity contribution is 0.367. The van der Waals surface area contributed by atoms with E-state index >= 15 is 0 Å². The van der Waals surface area contributed by atoms with E-state index in [1.165, 1.54) is 0 Å². The summed E-state index contributed by atoms with van der Waals surface area (Å²) in [6, 6.07) is 3.31. The van der Waals surface area contributed by atoms with E-state index in [0.717, 1.165) is 11.5 Å². The van der Waals surface area contributed by atoms with Crippen LogP contribution in [0.5, 0.6) is 0 Å². The molecule has 5 nitrogen and oxygen atoms in total. The van der Waals surface area contributed by atoms with Gasteiger partial charge in [0.05, 0.1) is 0 Å². The second kappa shape index (κ2) is 6.11. The molecule has 1 aromatic heterocycles. The third kappa shape index (κ3) is 3.04. The van der Waals surface area contributed by atoms with Crippen LogP contribution in [0.3, 0.4) is 0 Å². The van der Waals surface area contributed by atoms with Gasteiger partial charge in [-0.05, 0) is 26.0 Å². The van der Waals surface area contributed by atoms with E-state index in [1.54, 1.807) is 34.4 Å². The molecule has 0 radical (unpaired) electrons. The van der Waals surface area contributed by atoms with Crippen LogP contribution in [0.2, 0.25) is 0 Å². The van der Waals surface area contributed by atoms with E-state index in [0.29, 0.717) is 18.9 Å². The van der Waals surface area contributed by atoms with Crippen LogP contribution in [-0.2, 0) is 10.0 Å². The third-order valence-corrected chi connectivity index (χ3v) is 6.24. The SMILES string of the molecule is CCNc1ncccc1S(=O)(=O)N1CCSCC1C. The number of nitrogens with one attached hydrogen (secondary N) is 1. The Morgan fingerprint density at radius 2 is 2.37 bits per heavy atom. The second-order valence-electron chi connectivity index (χ2n) is 4.42. The van der Waals surface area contributed by atoms with Crippen molar-refractivity contribution in [3.05, 3.63) is 18.3 Å². The average molecular weight is 301 g/mol. The van der Waals surface area contributed by atoms with Crippen LogP contribution >= 0.6 is 11.8 Å². The Bertz CT molecular complexity index is 534. The summed E-state index contributed by atoms with van der Waals surface area (Å²) in [6.45, 7) is 5.08. The Labute approximate surface area is 118 Å². The van der Waals surface area contributed by atoms with Crippen molar-refractivity contribution >= 4 is 27.6 Å². The number of rotatable bonds is 4. The fourth-order valence-corrected chi connectivity index (χ4v) is 5.07. The molecule has 0 saturated carbocycles. The molecule has 19 heavy (non-hydrogen) atoms. The number of thioether (sulfide) groups is 1. The maximum Gasteiger partial charge on any atom is 0.247 e. The van der Waals surface area contributed by atoms with Gasteiger partial charge in [0.1, 0.15) is 10.7 Å². The predicted octanol–water partition coefficient (Wildman–Crippen LogP) is 1.64. The largest absolute Gasteiger partial charge is 0.369 e. The zero-order valence-electron chi connectivity index (χ0n) is 11.2. The number of pyridine rings is 1. The van der Waals surface area contributed by atoms with Gasteiger partial charge in [-0.25, -0.2) is 13.4 Å². The van der Waals surface area contributed by atoms with Gasteiger partial charge in [-0.1, -0.05) is 0 Å². The highest BCUT2D eigenvalue weighted by Gasteiger charge is 2.33. The zero-order valence-corrected chi connectivity index (χ0v) is 12.8. The molecule has 1 aliphatic rings. The third-order valence-electron chi connectivity index (χ3n) is 3.01. The average Bonchev–Trinajstić information content (AvgIpc) is 2.40. The molecule has 7 heteroatoms. The van der Waals surface area contributed by atoms with Crippen LogP contribution in [0.4, 0.5) is 5.82 Å². The summed E-state index contributed by atoms with van der Waals surface area (Å²) in [4.78, 5) is 4.41. The summed E-state index contributed by atoms with van der Waals surface area (Å²) in [5.41, 5.74) is 0. The lowest BCUT2D eigenvalue weighted by Crippen LogP contribution is -2.44. The first-order valence-corrected chi connectivity index (χ1v) is 8.95. The van der Waals surface area contributed by atoms with E-state index in [-0.39, 0.29) is 10.9 Å². The molecule has 2 heterocycles. The van der Waals surface area contributed by atoms with Gasteiger partial charge in [0.15, 0.2) is 0 Å². The van der Waals surface area contributed by atoms with E-state index in [9.17, 15) is 8.42 Å². The fourth-order valence-electron chi connectivity index (χ4n) is 2.09. The molecule has 106 valence electrons. The number of anilines is 1. The Balaban J connectivity index is 2.38. The molecule has 1 fully saturated rings. The van der Waals surface area contributed by atoms with Gasteiger partial charge in [0, 0.05) is 36.8 Å². The predicted molar refractivity (Wildman–Crippen MR) is 79.1 cm³/mol. The summed E-state index contributed by atoms with van der Waals surface area (Å²) in [7, 11) is -3.47. The molecule has 1 unspecified atom stereocenters. The lowest BCUT2D eigenvalue weighted by atomic mass is 10.4. The Hall–Kier alpha value is -0.790. The van der Waals surface area contributed by atoms with Gasteiger partial charge in [-0.15, -0.1) is 0 Å². The van der Waals surface area contributed by atoms with Crippen LogP contribution in [0, 0.1) is 0 Å². The number of aromatic nitrogens is 1. The van der Waals surface area contributed by atoms with Crippen molar-refractivity contribution in [1.82, 2.24) is 9.29 Å². The fraction of sp³-hybridized carbons (Fsp3) is 0.583. The van der Waals surface area contributed by atoms with Gasteiger partial charge in [0.25, 0.3) is 0 Å². The number of hydrogen-bond acceptors (Lipinski definition) is 5. The van der Waals surface area contributed by atoms with Gasteiger partial charge in [0.2, 0.25) is 10.0 Å². The van der Waals surface area contributed by atoms with Crippen molar-refractivity contribution in [2.45, 2.75) is 24.8 Å². The molecule has 0 aromatic carbocycles. The van der Waals surface area contributed by atoms with Gasteiger partial charge in [-0.2, -0.15) is 16.1 Å². The Morgan fingerprint density at radius 3 is 3.05 bits per heavy atom. The van der Waals surface area contributed by atoms with Crippen molar-refractivity contribution in [2.75, 3.05) is 29.9 Å². The highest BCUT2D eigenvalue weighted by atomic mass is 32.2. The van der Waals surface area contributed by atoms with Crippen LogP contribution in [0.1, 0.15) is 13.8 Å². The number of nitrogens with zero attached hydrogens (tertiary/aromatic N) is 2. The number of hydrogen-bond donors (Lipinski definition) is 1. The molecule has 0 aliphatic carbocycles. The molecule has 0 amide bonds. The first-order valence-electron chi connectivity index (χ1n) is 6.36. The highest BCUT2D eigenvalue weighted by molar-refractivity contribution is 7.99. The molecule has 1 atom stereocenters. The molecule has 1 saturated heterocycles. The van der Waals surface area contributed by atoms with Crippen LogP contribution in [-0.4, -0.2) is 48.3 Å². The minimum atomic E-state index is -3.47. The van der Waals surface area contributed by atoms with Crippen molar-refractivity contribution in [1.29, 1.82) is 0 Å². The molecular weight excluding hydrogens is 282 g/mol. The minimum Gasteiger partial charge on any atom is -0.369 e. The lowest BCUT2D eigenvalue weighted by Gasteiger charge is -2.32. The molecule has 2 rings (SSSR count). The van der Waals surface area contributed by atoms with Crippen LogP contribution < -0.4 is 5.32 Å². The Morgan fingerprint density at radius 1 is 1.58 bits per heavy atom. The van der Waals surface area contributed by atoms with Gasteiger partial charge < -0.3 is 5.32 Å². The summed E-state index contributed by atoms with van der Waals surface area (Å²) in [5.74, 6) is 2.13. The number of sulfonamides is 1. The van der Waals surface area contributed by atoms with E-state index in [1.807, 2.05) is 13.8 Å². The molecule has 0 spiro atoms. The van der Waals surface area contributed by atoms with Crippen LogP contribution in [0.25, 0.3) is 0 Å². The molecule has 1 aromatic rings. The van der Waals surface area contributed by atoms with E-state index in [4.69, 9.17) is 0 Å². The first-order chi connectivity index (χ1) is 9.07. The van der Waals surface area contributed by atoms with Crippen molar-refractivity contribution in [2.24, 2.45) is 0 Å². The van der Waals surface area contributed by atoms with Crippen molar-refractivity contribution in [3.8, 4) is 0 Å². The zero-order chi connectivity index (χ0) is 13.9. The highest BCUT2D eigenvalue weighted by Crippen LogP contribution is 2.27.